The zero-order chi connectivity index (χ0) is 15.5. The van der Waals surface area contributed by atoms with Crippen molar-refractivity contribution in [3.8, 4) is 0 Å². The summed E-state index contributed by atoms with van der Waals surface area (Å²) in [6.45, 7) is 0. The van der Waals surface area contributed by atoms with Crippen molar-refractivity contribution in [2.75, 3.05) is 19.0 Å². The summed E-state index contributed by atoms with van der Waals surface area (Å²) in [5.74, 6) is 0. The standard InChI is InChI=1S/C15H14F3N3/c1-21(2)12-9-7-11(8-10-12)19-20-14-6-4-3-5-13(14)15(16,17)18/h3-10H,1-2H3. The summed E-state index contributed by atoms with van der Waals surface area (Å²) in [6, 6.07) is 12.2. The molecule has 0 saturated heterocycles. The van der Waals surface area contributed by atoms with Gasteiger partial charge in [-0.3, -0.25) is 0 Å². The third kappa shape index (κ3) is 3.81. The summed E-state index contributed by atoms with van der Waals surface area (Å²) in [5.41, 5.74) is 0.488. The number of hydrogen-bond acceptors (Lipinski definition) is 3. The van der Waals surface area contributed by atoms with E-state index in [2.05, 4.69) is 10.2 Å². The van der Waals surface area contributed by atoms with Gasteiger partial charge in [0, 0.05) is 19.8 Å². The summed E-state index contributed by atoms with van der Waals surface area (Å²) in [7, 11) is 3.80. The van der Waals surface area contributed by atoms with E-state index in [-0.39, 0.29) is 5.69 Å². The Hall–Kier alpha value is -2.37. The predicted molar refractivity (Wildman–Crippen MR) is 76.4 cm³/mol. The average molecular weight is 293 g/mol. The highest BCUT2D eigenvalue weighted by atomic mass is 19.4. The monoisotopic (exact) mass is 293 g/mol. The smallest absolute Gasteiger partial charge is 0.378 e. The molecule has 0 spiro atoms. The van der Waals surface area contributed by atoms with Gasteiger partial charge >= 0.3 is 6.18 Å². The van der Waals surface area contributed by atoms with Crippen LogP contribution >= 0.6 is 0 Å². The first-order valence-electron chi connectivity index (χ1n) is 6.23. The van der Waals surface area contributed by atoms with Crippen molar-refractivity contribution in [3.63, 3.8) is 0 Å². The molecule has 0 heterocycles. The van der Waals surface area contributed by atoms with E-state index in [0.29, 0.717) is 5.69 Å². The van der Waals surface area contributed by atoms with Crippen LogP contribution in [0.25, 0.3) is 0 Å². The number of nitrogens with zero attached hydrogens (tertiary/aromatic N) is 3. The molecule has 110 valence electrons. The van der Waals surface area contributed by atoms with E-state index in [1.807, 2.05) is 31.1 Å². The summed E-state index contributed by atoms with van der Waals surface area (Å²) < 4.78 is 38.4. The maximum Gasteiger partial charge on any atom is 0.418 e. The van der Waals surface area contributed by atoms with Gasteiger partial charge in [0.05, 0.1) is 16.9 Å². The Kier molecular flexibility index (Phi) is 4.26. The van der Waals surface area contributed by atoms with Crippen molar-refractivity contribution >= 4 is 17.1 Å². The fraction of sp³-hybridized carbons (Fsp3) is 0.200. The van der Waals surface area contributed by atoms with Crippen LogP contribution in [0, 0.1) is 0 Å². The number of hydrogen-bond donors (Lipinski definition) is 0. The van der Waals surface area contributed by atoms with Gasteiger partial charge in [-0.1, -0.05) is 12.1 Å². The number of alkyl halides is 3. The molecule has 2 aromatic rings. The summed E-state index contributed by atoms with van der Waals surface area (Å²) >= 11 is 0. The van der Waals surface area contributed by atoms with Gasteiger partial charge in [-0.05, 0) is 36.4 Å². The molecule has 0 aliphatic carbocycles. The predicted octanol–water partition coefficient (Wildman–Crippen LogP) is 5.19. The second-order valence-electron chi connectivity index (χ2n) is 4.63. The maximum absolute atomic E-state index is 12.8. The molecule has 2 rings (SSSR count). The van der Waals surface area contributed by atoms with Gasteiger partial charge in [0.1, 0.15) is 0 Å². The Morgan fingerprint density at radius 1 is 0.857 bits per heavy atom. The lowest BCUT2D eigenvalue weighted by molar-refractivity contribution is -0.137. The fourth-order valence-electron chi connectivity index (χ4n) is 1.73. The lowest BCUT2D eigenvalue weighted by Crippen LogP contribution is -2.07. The van der Waals surface area contributed by atoms with Crippen molar-refractivity contribution < 1.29 is 13.2 Å². The molecule has 0 unspecified atom stereocenters. The molecule has 2 aromatic carbocycles. The molecule has 0 fully saturated rings. The topological polar surface area (TPSA) is 28.0 Å². The van der Waals surface area contributed by atoms with Gasteiger partial charge in [-0.15, -0.1) is 5.11 Å². The van der Waals surface area contributed by atoms with E-state index >= 15 is 0 Å². The van der Waals surface area contributed by atoms with Crippen LogP contribution in [0.4, 0.5) is 30.2 Å². The Morgan fingerprint density at radius 2 is 1.48 bits per heavy atom. The van der Waals surface area contributed by atoms with E-state index in [4.69, 9.17) is 0 Å². The number of rotatable bonds is 3. The number of azo groups is 1. The normalized spacial score (nSPS) is 11.9. The van der Waals surface area contributed by atoms with Crippen LogP contribution in [0.5, 0.6) is 0 Å². The van der Waals surface area contributed by atoms with Crippen molar-refractivity contribution in [2.24, 2.45) is 10.2 Å². The van der Waals surface area contributed by atoms with Crippen molar-refractivity contribution in [3.05, 3.63) is 54.1 Å². The average Bonchev–Trinajstić information content (AvgIpc) is 2.45. The van der Waals surface area contributed by atoms with Gasteiger partial charge < -0.3 is 4.90 Å². The second kappa shape index (κ2) is 5.95. The molecule has 0 amide bonds. The van der Waals surface area contributed by atoms with Gasteiger partial charge in [-0.2, -0.15) is 18.3 Å². The Labute approximate surface area is 120 Å². The quantitative estimate of drug-likeness (QED) is 0.716. The first-order chi connectivity index (χ1) is 9.88. The molecule has 21 heavy (non-hydrogen) atoms. The molecule has 3 nitrogen and oxygen atoms in total. The van der Waals surface area contributed by atoms with Gasteiger partial charge in [0.25, 0.3) is 0 Å². The maximum atomic E-state index is 12.8. The van der Waals surface area contributed by atoms with Crippen molar-refractivity contribution in [1.29, 1.82) is 0 Å². The molecule has 0 aliphatic rings. The number of benzene rings is 2. The SMILES string of the molecule is CN(C)c1ccc(N=Nc2ccccc2C(F)(F)F)cc1. The van der Waals surface area contributed by atoms with E-state index in [1.54, 1.807) is 12.1 Å². The largest absolute Gasteiger partial charge is 0.418 e. The lowest BCUT2D eigenvalue weighted by atomic mass is 10.2. The van der Waals surface area contributed by atoms with Crippen LogP contribution in [0.15, 0.2) is 58.8 Å². The fourth-order valence-corrected chi connectivity index (χ4v) is 1.73. The van der Waals surface area contributed by atoms with Crippen LogP contribution in [0.2, 0.25) is 0 Å². The van der Waals surface area contributed by atoms with Crippen LogP contribution in [-0.4, -0.2) is 14.1 Å². The van der Waals surface area contributed by atoms with Crippen molar-refractivity contribution in [1.82, 2.24) is 0 Å². The molecular weight excluding hydrogens is 279 g/mol. The molecule has 0 N–H and O–H groups in total. The second-order valence-corrected chi connectivity index (χ2v) is 4.63. The van der Waals surface area contributed by atoms with E-state index in [0.717, 1.165) is 11.8 Å². The van der Waals surface area contributed by atoms with E-state index in [9.17, 15) is 13.2 Å². The molecule has 0 radical (unpaired) electrons. The van der Waals surface area contributed by atoms with Crippen LogP contribution in [0.3, 0.4) is 0 Å². The van der Waals surface area contributed by atoms with Crippen LogP contribution in [-0.2, 0) is 6.18 Å². The minimum Gasteiger partial charge on any atom is -0.378 e. The van der Waals surface area contributed by atoms with Crippen molar-refractivity contribution in [2.45, 2.75) is 6.18 Å². The Morgan fingerprint density at radius 3 is 2.05 bits per heavy atom. The van der Waals surface area contributed by atoms with Crippen LogP contribution in [0.1, 0.15) is 5.56 Å². The highest BCUT2D eigenvalue weighted by Crippen LogP contribution is 2.36. The number of anilines is 1. The van der Waals surface area contributed by atoms with E-state index < -0.39 is 11.7 Å². The molecule has 0 aromatic heterocycles. The molecule has 0 aliphatic heterocycles. The zero-order valence-corrected chi connectivity index (χ0v) is 11.6. The highest BCUT2D eigenvalue weighted by Gasteiger charge is 2.33. The molecule has 6 heteroatoms. The van der Waals surface area contributed by atoms with Gasteiger partial charge in [0.2, 0.25) is 0 Å². The van der Waals surface area contributed by atoms with Crippen LogP contribution < -0.4 is 4.90 Å². The van der Waals surface area contributed by atoms with Gasteiger partial charge in [-0.25, -0.2) is 0 Å². The third-order valence-electron chi connectivity index (χ3n) is 2.85. The zero-order valence-electron chi connectivity index (χ0n) is 11.6. The first-order valence-corrected chi connectivity index (χ1v) is 6.23. The van der Waals surface area contributed by atoms with E-state index in [1.165, 1.54) is 18.2 Å². The minimum absolute atomic E-state index is 0.193. The lowest BCUT2D eigenvalue weighted by Gasteiger charge is -2.11. The molecule has 0 saturated carbocycles. The summed E-state index contributed by atoms with van der Waals surface area (Å²) in [4.78, 5) is 1.92. The Balaban J connectivity index is 2.26. The first kappa shape index (κ1) is 15.0. The van der Waals surface area contributed by atoms with Gasteiger partial charge in [0.15, 0.2) is 0 Å². The highest BCUT2D eigenvalue weighted by molar-refractivity contribution is 5.52. The minimum atomic E-state index is -4.44. The summed E-state index contributed by atoms with van der Waals surface area (Å²) in [6.07, 6.45) is -4.44. The molecular formula is C15H14F3N3. The Bertz CT molecular complexity index is 631. The molecule has 0 bridgehead atoms. The molecule has 0 atom stereocenters. The summed E-state index contributed by atoms with van der Waals surface area (Å²) in [5, 5.41) is 7.57. The number of halogens is 3. The third-order valence-corrected chi connectivity index (χ3v) is 2.85.